The van der Waals surface area contributed by atoms with E-state index in [1.807, 2.05) is 32.9 Å². The molecule has 2 aromatic heterocycles. The quantitative estimate of drug-likeness (QED) is 0.292. The summed E-state index contributed by atoms with van der Waals surface area (Å²) in [6, 6.07) is 16.7. The first-order valence-electron chi connectivity index (χ1n) is 12.0. The molecule has 0 aliphatic carbocycles. The van der Waals surface area contributed by atoms with Gasteiger partial charge in [-0.1, -0.05) is 23.8 Å². The Morgan fingerprint density at radius 1 is 0.872 bits per heavy atom. The van der Waals surface area contributed by atoms with Gasteiger partial charge in [0.25, 0.3) is 15.9 Å². The van der Waals surface area contributed by atoms with Crippen LogP contribution in [0.4, 0.5) is 0 Å². The van der Waals surface area contributed by atoms with Crippen LogP contribution in [0, 0.1) is 27.7 Å². The lowest BCUT2D eigenvalue weighted by atomic mass is 10.1. The molecule has 0 spiro atoms. The molecule has 4 rings (SSSR count). The van der Waals surface area contributed by atoms with Gasteiger partial charge in [0.1, 0.15) is 22.8 Å². The second-order valence-electron chi connectivity index (χ2n) is 9.00. The summed E-state index contributed by atoms with van der Waals surface area (Å²) in [7, 11) is -1.17. The number of pyridine rings is 2. The highest BCUT2D eigenvalue weighted by molar-refractivity contribution is 7.90. The molecule has 0 fully saturated rings. The Morgan fingerprint density at radius 3 is 2.23 bits per heavy atom. The largest absolute Gasteiger partial charge is 0.497 e. The maximum Gasteiger partial charge on any atom is 0.281 e. The minimum atomic E-state index is -4.25. The van der Waals surface area contributed by atoms with Crippen LogP contribution in [0.5, 0.6) is 23.1 Å². The fraction of sp³-hybridized carbons (Fsp3) is 0.207. The molecule has 4 aromatic rings. The third kappa shape index (κ3) is 6.01. The van der Waals surface area contributed by atoms with Crippen LogP contribution in [0.1, 0.15) is 35.6 Å². The van der Waals surface area contributed by atoms with Crippen LogP contribution in [0.3, 0.4) is 0 Å². The molecule has 1 amide bonds. The van der Waals surface area contributed by atoms with Crippen molar-refractivity contribution in [3.05, 3.63) is 88.6 Å². The zero-order valence-corrected chi connectivity index (χ0v) is 23.3. The summed E-state index contributed by atoms with van der Waals surface area (Å²) in [6.07, 6.45) is 0. The third-order valence-electron chi connectivity index (χ3n) is 5.96. The summed E-state index contributed by atoms with van der Waals surface area (Å²) >= 11 is 0. The lowest BCUT2D eigenvalue weighted by Gasteiger charge is -2.17. The van der Waals surface area contributed by atoms with Crippen molar-refractivity contribution in [2.45, 2.75) is 32.7 Å². The van der Waals surface area contributed by atoms with Crippen molar-refractivity contribution in [3.8, 4) is 34.4 Å². The van der Waals surface area contributed by atoms with Gasteiger partial charge in [0.2, 0.25) is 5.88 Å². The SMILES string of the molecule is COc1ccc(OC)c(-c2ccc(C(=O)NS(=O)(=O)c3cccc(C)n3)c(Oc3c(C)cc(C)cc3C)n2)c1.[HH].[HH]. The first kappa shape index (κ1) is 27.6. The van der Waals surface area contributed by atoms with E-state index in [-0.39, 0.29) is 19.3 Å². The predicted molar refractivity (Wildman–Crippen MR) is 151 cm³/mol. The van der Waals surface area contributed by atoms with Crippen molar-refractivity contribution in [1.29, 1.82) is 0 Å². The number of nitrogens with one attached hydrogen (secondary N) is 1. The molecule has 0 saturated heterocycles. The molecule has 2 aromatic carbocycles. The van der Waals surface area contributed by atoms with Gasteiger partial charge >= 0.3 is 0 Å². The second-order valence-corrected chi connectivity index (χ2v) is 10.6. The predicted octanol–water partition coefficient (Wildman–Crippen LogP) is 5.80. The number of carbonyl (C=O) groups is 1. The molecule has 10 heteroatoms. The van der Waals surface area contributed by atoms with Crippen molar-refractivity contribution in [3.63, 3.8) is 0 Å². The Labute approximate surface area is 230 Å². The minimum absolute atomic E-state index is 0. The van der Waals surface area contributed by atoms with Gasteiger partial charge in [-0.15, -0.1) is 0 Å². The van der Waals surface area contributed by atoms with E-state index in [4.69, 9.17) is 14.2 Å². The average molecular weight is 552 g/mol. The normalized spacial score (nSPS) is 11.1. The van der Waals surface area contributed by atoms with Crippen LogP contribution >= 0.6 is 0 Å². The number of aryl methyl sites for hydroxylation is 4. The number of ether oxygens (including phenoxy) is 3. The highest BCUT2D eigenvalue weighted by Gasteiger charge is 2.25. The van der Waals surface area contributed by atoms with E-state index in [0.29, 0.717) is 34.2 Å². The highest BCUT2D eigenvalue weighted by Crippen LogP contribution is 2.36. The molecule has 1 N–H and O–H groups in total. The van der Waals surface area contributed by atoms with E-state index in [1.165, 1.54) is 19.2 Å². The molecule has 0 bridgehead atoms. The summed E-state index contributed by atoms with van der Waals surface area (Å²) in [5.41, 5.74) is 4.18. The monoisotopic (exact) mass is 551 g/mol. The van der Waals surface area contributed by atoms with Gasteiger partial charge in [0.05, 0.1) is 19.9 Å². The number of sulfonamides is 1. The number of hydrogen-bond donors (Lipinski definition) is 1. The number of nitrogens with zero attached hydrogens (tertiary/aromatic N) is 2. The molecule has 0 unspecified atom stereocenters. The Balaban J connectivity index is 0.00000294. The van der Waals surface area contributed by atoms with Gasteiger partial charge in [-0.3, -0.25) is 4.79 Å². The van der Waals surface area contributed by atoms with Crippen molar-refractivity contribution in [2.24, 2.45) is 0 Å². The number of hydrogen-bond acceptors (Lipinski definition) is 8. The molecule has 0 aliphatic rings. The van der Waals surface area contributed by atoms with E-state index in [9.17, 15) is 13.2 Å². The Morgan fingerprint density at radius 2 is 1.59 bits per heavy atom. The van der Waals surface area contributed by atoms with Crippen molar-refractivity contribution in [1.82, 2.24) is 14.7 Å². The van der Waals surface area contributed by atoms with Crippen molar-refractivity contribution in [2.75, 3.05) is 14.2 Å². The Hall–Kier alpha value is -4.44. The number of rotatable bonds is 8. The zero-order chi connectivity index (χ0) is 28.3. The van der Waals surface area contributed by atoms with Crippen LogP contribution in [-0.4, -0.2) is 38.5 Å². The van der Waals surface area contributed by atoms with Crippen molar-refractivity contribution < 1.29 is 30.3 Å². The summed E-state index contributed by atoms with van der Waals surface area (Å²) in [5.74, 6) is 0.644. The molecular formula is C29H33N3O6S. The number of methoxy groups -OCH3 is 2. The van der Waals surface area contributed by atoms with Gasteiger partial charge in [0.15, 0.2) is 5.03 Å². The van der Waals surface area contributed by atoms with Gasteiger partial charge in [-0.05, 0) is 81.3 Å². The van der Waals surface area contributed by atoms with E-state index in [1.54, 1.807) is 50.4 Å². The number of amides is 1. The first-order chi connectivity index (χ1) is 18.5. The second kappa shape index (κ2) is 11.1. The average Bonchev–Trinajstić information content (AvgIpc) is 2.90. The van der Waals surface area contributed by atoms with Gasteiger partial charge in [0, 0.05) is 14.1 Å². The van der Waals surface area contributed by atoms with Crippen LogP contribution in [0.25, 0.3) is 11.3 Å². The van der Waals surface area contributed by atoms with E-state index < -0.39 is 15.9 Å². The summed E-state index contributed by atoms with van der Waals surface area (Å²) in [4.78, 5) is 22.0. The van der Waals surface area contributed by atoms with Gasteiger partial charge in [-0.2, -0.15) is 8.42 Å². The molecule has 9 nitrogen and oxygen atoms in total. The number of benzene rings is 2. The summed E-state index contributed by atoms with van der Waals surface area (Å²) in [6.45, 7) is 7.41. The fourth-order valence-corrected chi connectivity index (χ4v) is 5.16. The zero-order valence-electron chi connectivity index (χ0n) is 22.5. The minimum Gasteiger partial charge on any atom is -0.497 e. The van der Waals surface area contributed by atoms with Crippen LogP contribution in [0.15, 0.2) is 65.7 Å². The number of carbonyl (C=O) groups excluding carboxylic acids is 1. The third-order valence-corrected chi connectivity index (χ3v) is 7.19. The molecule has 206 valence electrons. The maximum absolute atomic E-state index is 13.3. The number of aromatic nitrogens is 2. The van der Waals surface area contributed by atoms with Crippen LogP contribution in [-0.2, 0) is 10.0 Å². The maximum atomic E-state index is 13.3. The lowest BCUT2D eigenvalue weighted by Crippen LogP contribution is -2.31. The van der Waals surface area contributed by atoms with E-state index >= 15 is 0 Å². The van der Waals surface area contributed by atoms with Gasteiger partial charge in [-0.25, -0.2) is 14.7 Å². The molecule has 0 radical (unpaired) electrons. The van der Waals surface area contributed by atoms with E-state index in [0.717, 1.165) is 16.7 Å². The molecule has 0 aliphatic heterocycles. The lowest BCUT2D eigenvalue weighted by molar-refractivity contribution is 0.0978. The summed E-state index contributed by atoms with van der Waals surface area (Å²) in [5, 5.41) is -0.269. The molecule has 39 heavy (non-hydrogen) atoms. The van der Waals surface area contributed by atoms with Crippen LogP contribution in [0.2, 0.25) is 0 Å². The Kier molecular flexibility index (Phi) is 7.87. The topological polar surface area (TPSA) is 117 Å². The smallest absolute Gasteiger partial charge is 0.281 e. The molecule has 0 saturated carbocycles. The Bertz CT molecular complexity index is 1660. The standard InChI is InChI=1S/C29H29N3O6S.2H2/c1-17-14-18(2)27(19(3)15-17)38-29-22(28(33)32-39(34,35)26-9-7-8-20(4)30-26)11-12-24(31-29)23-16-21(36-5)10-13-25(23)37-6;;/h7-16H,1-6H3,(H,32,33);2*1H. The summed E-state index contributed by atoms with van der Waals surface area (Å²) < 4.78 is 45.1. The fourth-order valence-electron chi connectivity index (χ4n) is 4.18. The molecule has 0 atom stereocenters. The first-order valence-corrected chi connectivity index (χ1v) is 13.5. The molecule has 2 heterocycles. The van der Waals surface area contributed by atoms with Crippen LogP contribution < -0.4 is 18.9 Å². The van der Waals surface area contributed by atoms with Crippen molar-refractivity contribution >= 4 is 15.9 Å². The molecular weight excluding hydrogens is 518 g/mol. The van der Waals surface area contributed by atoms with E-state index in [2.05, 4.69) is 14.7 Å². The van der Waals surface area contributed by atoms with Gasteiger partial charge < -0.3 is 14.2 Å². The highest BCUT2D eigenvalue weighted by atomic mass is 32.2.